The van der Waals surface area contributed by atoms with E-state index >= 15 is 0 Å². The number of nitrogens with one attached hydrogen (secondary N) is 1. The third-order valence-electron chi connectivity index (χ3n) is 2.74. The Bertz CT molecular complexity index is 380. The van der Waals surface area contributed by atoms with Crippen LogP contribution >= 0.6 is 0 Å². The molecule has 1 saturated heterocycles. The maximum Gasteiger partial charge on any atom is 0.167 e. The van der Waals surface area contributed by atoms with Crippen LogP contribution in [-0.4, -0.2) is 32.7 Å². The van der Waals surface area contributed by atoms with Gasteiger partial charge in [-0.1, -0.05) is 0 Å². The number of hydrogen-bond donors (Lipinski definition) is 1. The Morgan fingerprint density at radius 2 is 2.39 bits per heavy atom. The summed E-state index contributed by atoms with van der Waals surface area (Å²) in [7, 11) is 0. The third-order valence-corrected chi connectivity index (χ3v) is 2.74. The van der Waals surface area contributed by atoms with Crippen LogP contribution < -0.4 is 10.1 Å². The lowest BCUT2D eigenvalue weighted by atomic mass is 10.2. The molecule has 0 saturated carbocycles. The molecule has 0 bridgehead atoms. The van der Waals surface area contributed by atoms with Crippen molar-refractivity contribution in [2.75, 3.05) is 31.9 Å². The number of benzene rings is 1. The highest BCUT2D eigenvalue weighted by molar-refractivity contribution is 5.47. The smallest absolute Gasteiger partial charge is 0.167 e. The fraction of sp³-hybridized carbons (Fsp3) is 0.538. The van der Waals surface area contributed by atoms with Gasteiger partial charge in [-0.2, -0.15) is 0 Å². The van der Waals surface area contributed by atoms with Gasteiger partial charge in [0.2, 0.25) is 0 Å². The number of rotatable bonds is 5. The van der Waals surface area contributed by atoms with Crippen molar-refractivity contribution in [3.63, 3.8) is 0 Å². The maximum absolute atomic E-state index is 13.6. The first kappa shape index (κ1) is 13.1. The predicted molar refractivity (Wildman–Crippen MR) is 66.4 cm³/mol. The lowest BCUT2D eigenvalue weighted by Crippen LogP contribution is -2.30. The fourth-order valence-electron chi connectivity index (χ4n) is 1.78. The molecule has 1 aliphatic rings. The summed E-state index contributed by atoms with van der Waals surface area (Å²) in [4.78, 5) is 0. The molecule has 1 heterocycles. The Balaban J connectivity index is 1.87. The van der Waals surface area contributed by atoms with E-state index in [2.05, 4.69) is 5.32 Å². The predicted octanol–water partition coefficient (Wildman–Crippen LogP) is 2.40. The Kier molecular flexibility index (Phi) is 4.78. The van der Waals surface area contributed by atoms with E-state index in [1.54, 1.807) is 12.1 Å². The van der Waals surface area contributed by atoms with E-state index in [0.717, 1.165) is 12.1 Å². The lowest BCUT2D eigenvalue weighted by molar-refractivity contribution is -0.133. The normalized spacial score (nSPS) is 19.6. The van der Waals surface area contributed by atoms with Crippen molar-refractivity contribution in [1.82, 2.24) is 0 Å². The van der Waals surface area contributed by atoms with E-state index < -0.39 is 0 Å². The van der Waals surface area contributed by atoms with Crippen LogP contribution in [0.1, 0.15) is 13.3 Å². The summed E-state index contributed by atoms with van der Waals surface area (Å²) in [5, 5.41) is 3.15. The molecule has 0 radical (unpaired) electrons. The van der Waals surface area contributed by atoms with Crippen LogP contribution in [0, 0.1) is 5.82 Å². The molecule has 1 unspecified atom stereocenters. The molecule has 1 aliphatic heterocycles. The molecule has 1 atom stereocenters. The minimum atomic E-state index is -0.352. The van der Waals surface area contributed by atoms with Crippen molar-refractivity contribution in [2.45, 2.75) is 19.4 Å². The Labute approximate surface area is 106 Å². The van der Waals surface area contributed by atoms with Gasteiger partial charge in [0.1, 0.15) is 6.79 Å². The van der Waals surface area contributed by atoms with Crippen molar-refractivity contribution >= 4 is 5.69 Å². The molecule has 1 fully saturated rings. The van der Waals surface area contributed by atoms with Crippen molar-refractivity contribution in [1.29, 1.82) is 0 Å². The first-order chi connectivity index (χ1) is 8.79. The zero-order valence-electron chi connectivity index (χ0n) is 10.4. The number of hydrogen-bond acceptors (Lipinski definition) is 4. The van der Waals surface area contributed by atoms with Crippen LogP contribution in [0.25, 0.3) is 0 Å². The van der Waals surface area contributed by atoms with Gasteiger partial charge >= 0.3 is 0 Å². The minimum Gasteiger partial charge on any atom is -0.491 e. The maximum atomic E-state index is 13.6. The van der Waals surface area contributed by atoms with Gasteiger partial charge in [-0.05, 0) is 25.5 Å². The Morgan fingerprint density at radius 3 is 3.06 bits per heavy atom. The molecule has 4 nitrogen and oxygen atoms in total. The van der Waals surface area contributed by atoms with Gasteiger partial charge in [0, 0.05) is 18.3 Å². The topological polar surface area (TPSA) is 39.7 Å². The lowest BCUT2D eigenvalue weighted by Gasteiger charge is -2.23. The van der Waals surface area contributed by atoms with Gasteiger partial charge < -0.3 is 19.5 Å². The van der Waals surface area contributed by atoms with Crippen LogP contribution in [0.2, 0.25) is 0 Å². The number of halogens is 1. The molecule has 100 valence electrons. The van der Waals surface area contributed by atoms with E-state index in [9.17, 15) is 4.39 Å². The summed E-state index contributed by atoms with van der Waals surface area (Å²) >= 11 is 0. The van der Waals surface area contributed by atoms with Gasteiger partial charge in [-0.15, -0.1) is 0 Å². The SMILES string of the molecule is CCOc1ccc(NCC2CCOCO2)cc1F. The molecule has 0 spiro atoms. The molecule has 0 aromatic heterocycles. The molecule has 1 aromatic rings. The second-order valence-electron chi connectivity index (χ2n) is 4.06. The van der Waals surface area contributed by atoms with Crippen LogP contribution in [0.15, 0.2) is 18.2 Å². The molecule has 2 rings (SSSR count). The van der Waals surface area contributed by atoms with E-state index in [4.69, 9.17) is 14.2 Å². The fourth-order valence-corrected chi connectivity index (χ4v) is 1.78. The van der Waals surface area contributed by atoms with E-state index in [0.29, 0.717) is 26.6 Å². The van der Waals surface area contributed by atoms with Crippen molar-refractivity contribution < 1.29 is 18.6 Å². The van der Waals surface area contributed by atoms with Gasteiger partial charge in [0.15, 0.2) is 11.6 Å². The first-order valence-corrected chi connectivity index (χ1v) is 6.15. The highest BCUT2D eigenvalue weighted by Gasteiger charge is 2.14. The minimum absolute atomic E-state index is 0.119. The number of ether oxygens (including phenoxy) is 3. The molecule has 5 heteroatoms. The third kappa shape index (κ3) is 3.58. The van der Waals surface area contributed by atoms with Gasteiger partial charge in [0.05, 0.1) is 19.3 Å². The summed E-state index contributed by atoms with van der Waals surface area (Å²) in [6, 6.07) is 4.86. The average Bonchev–Trinajstić information content (AvgIpc) is 2.41. The average molecular weight is 255 g/mol. The number of anilines is 1. The standard InChI is InChI=1S/C13H18FNO3/c1-2-17-13-4-3-10(7-12(13)14)15-8-11-5-6-16-9-18-11/h3-4,7,11,15H,2,5-6,8-9H2,1H3. The first-order valence-electron chi connectivity index (χ1n) is 6.15. The van der Waals surface area contributed by atoms with Crippen molar-refractivity contribution in [2.24, 2.45) is 0 Å². The van der Waals surface area contributed by atoms with Crippen LogP contribution in [0.3, 0.4) is 0 Å². The summed E-state index contributed by atoms with van der Waals surface area (Å²) < 4.78 is 29.2. The highest BCUT2D eigenvalue weighted by atomic mass is 19.1. The summed E-state index contributed by atoms with van der Waals surface area (Å²) in [5.74, 6) is -0.0693. The highest BCUT2D eigenvalue weighted by Crippen LogP contribution is 2.21. The Hall–Kier alpha value is -1.33. The summed E-state index contributed by atoms with van der Waals surface area (Å²) in [5.41, 5.74) is 0.728. The van der Waals surface area contributed by atoms with Crippen LogP contribution in [-0.2, 0) is 9.47 Å². The molecule has 1 aromatic carbocycles. The van der Waals surface area contributed by atoms with E-state index in [-0.39, 0.29) is 17.7 Å². The van der Waals surface area contributed by atoms with Crippen molar-refractivity contribution in [3.8, 4) is 5.75 Å². The van der Waals surface area contributed by atoms with Gasteiger partial charge in [-0.25, -0.2) is 4.39 Å². The van der Waals surface area contributed by atoms with E-state index in [1.165, 1.54) is 6.07 Å². The zero-order valence-corrected chi connectivity index (χ0v) is 10.4. The Morgan fingerprint density at radius 1 is 1.50 bits per heavy atom. The van der Waals surface area contributed by atoms with E-state index in [1.807, 2.05) is 6.92 Å². The van der Waals surface area contributed by atoms with Gasteiger partial charge in [-0.3, -0.25) is 0 Å². The van der Waals surface area contributed by atoms with Crippen LogP contribution in [0.5, 0.6) is 5.75 Å². The quantitative estimate of drug-likeness (QED) is 0.877. The molecule has 0 amide bonds. The second-order valence-corrected chi connectivity index (χ2v) is 4.06. The molecule has 18 heavy (non-hydrogen) atoms. The molecular formula is C13H18FNO3. The van der Waals surface area contributed by atoms with Gasteiger partial charge in [0.25, 0.3) is 0 Å². The second kappa shape index (κ2) is 6.56. The summed E-state index contributed by atoms with van der Waals surface area (Å²) in [6.45, 7) is 3.98. The molecule has 0 aliphatic carbocycles. The zero-order chi connectivity index (χ0) is 12.8. The van der Waals surface area contributed by atoms with Crippen molar-refractivity contribution in [3.05, 3.63) is 24.0 Å². The molecular weight excluding hydrogens is 237 g/mol. The monoisotopic (exact) mass is 255 g/mol. The molecule has 1 N–H and O–H groups in total. The largest absolute Gasteiger partial charge is 0.491 e. The van der Waals surface area contributed by atoms with Crippen LogP contribution in [0.4, 0.5) is 10.1 Å². The summed E-state index contributed by atoms with van der Waals surface area (Å²) in [6.07, 6.45) is 0.973.